The monoisotopic (exact) mass is 620 g/mol. The van der Waals surface area contributed by atoms with Crippen LogP contribution in [0.1, 0.15) is 76.3 Å². The summed E-state index contributed by atoms with van der Waals surface area (Å²) in [7, 11) is 1.66. The second-order valence-corrected chi connectivity index (χ2v) is 12.3. The van der Waals surface area contributed by atoms with Crippen LogP contribution in [0.4, 0.5) is 0 Å². The van der Waals surface area contributed by atoms with Crippen molar-refractivity contribution in [3.05, 3.63) is 73.4 Å². The Morgan fingerprint density at radius 1 is 1.04 bits per heavy atom. The van der Waals surface area contributed by atoms with Gasteiger partial charge in [0.1, 0.15) is 6.29 Å². The Labute approximate surface area is 271 Å². The summed E-state index contributed by atoms with van der Waals surface area (Å²) in [6.45, 7) is 14.0. The first-order valence-corrected chi connectivity index (χ1v) is 16.9. The topological polar surface area (TPSA) is 73.4 Å². The van der Waals surface area contributed by atoms with Gasteiger partial charge in [-0.2, -0.15) is 0 Å². The molecule has 0 N–H and O–H groups in total. The Morgan fingerprint density at radius 3 is 2.33 bits per heavy atom. The molecule has 1 aromatic carbocycles. The lowest BCUT2D eigenvalue weighted by molar-refractivity contribution is -0.142. The zero-order chi connectivity index (χ0) is 32.4. The molecule has 4 rings (SSSR count). The summed E-state index contributed by atoms with van der Waals surface area (Å²) < 4.78 is 5.33. The number of carbonyl (C=O) groups is 3. The van der Waals surface area contributed by atoms with Crippen LogP contribution in [0.2, 0.25) is 0 Å². The van der Waals surface area contributed by atoms with Gasteiger partial charge in [-0.25, -0.2) is 0 Å². The molecule has 0 radical (unpaired) electrons. The Morgan fingerprint density at radius 2 is 1.76 bits per heavy atom. The molecule has 2 amide bonds. The molecule has 2 saturated heterocycles. The number of benzene rings is 1. The normalized spacial score (nSPS) is 22.4. The van der Waals surface area contributed by atoms with E-state index in [4.69, 9.17) is 4.74 Å². The highest BCUT2D eigenvalue weighted by molar-refractivity contribution is 5.80. The summed E-state index contributed by atoms with van der Waals surface area (Å²) in [5, 5.41) is 0. The van der Waals surface area contributed by atoms with Crippen molar-refractivity contribution >= 4 is 18.6 Å². The number of aldehydes is 1. The van der Waals surface area contributed by atoms with Gasteiger partial charge in [0.05, 0.1) is 24.2 Å². The lowest BCUT2D eigenvalue weighted by Gasteiger charge is -2.54. The minimum atomic E-state index is -0.527. The number of unbranched alkanes of at least 4 members (excludes halogenated alkanes) is 1. The summed E-state index contributed by atoms with van der Waals surface area (Å²) in [5.74, 6) is 0.0335. The van der Waals surface area contributed by atoms with E-state index in [-0.39, 0.29) is 30.5 Å². The molecule has 8 nitrogen and oxygen atoms in total. The maximum Gasteiger partial charge on any atom is 0.224 e. The molecule has 1 aromatic rings. The van der Waals surface area contributed by atoms with Crippen LogP contribution in [0.15, 0.2) is 67.8 Å². The molecule has 2 heterocycles. The fourth-order valence-electron chi connectivity index (χ4n) is 6.94. The molecule has 3 aliphatic rings. The molecule has 0 spiro atoms. The Hall–Kier alpha value is -3.07. The molecular formula is C37H56N4O4. The van der Waals surface area contributed by atoms with Gasteiger partial charge in [-0.3, -0.25) is 19.4 Å². The van der Waals surface area contributed by atoms with Crippen molar-refractivity contribution in [2.75, 3.05) is 46.4 Å². The standard InChI is InChI=1S/C30H44N4O4.C7H12/c1-3-27-29(34(23-36)28(14-19-38-2)24-10-6-4-7-11-24)21-33(27)26(22-35)20-30(37)32-17-15-31(16-18-32)25-12-8-5-9-13-25;1-3-5-7-6-4-2/h3-4,6-7,10-11,22-23,25-29H,1,5,8-9,12-21H2,2H3;3-4,6H,1,5,7H2,2H3/b;6-4-/t26-,27?,28+,29?;/m0./s1. The van der Waals surface area contributed by atoms with Gasteiger partial charge in [0.25, 0.3) is 0 Å². The average molecular weight is 621 g/mol. The van der Waals surface area contributed by atoms with Gasteiger partial charge < -0.3 is 19.3 Å². The van der Waals surface area contributed by atoms with Gasteiger partial charge >= 0.3 is 0 Å². The van der Waals surface area contributed by atoms with E-state index >= 15 is 0 Å². The average Bonchev–Trinajstić information content (AvgIpc) is 3.08. The number of piperazine rings is 1. The molecule has 0 aromatic heterocycles. The van der Waals surface area contributed by atoms with Crippen LogP contribution in [-0.2, 0) is 19.1 Å². The van der Waals surface area contributed by atoms with Crippen LogP contribution in [0.5, 0.6) is 0 Å². The van der Waals surface area contributed by atoms with Crippen molar-refractivity contribution in [1.82, 2.24) is 19.6 Å². The summed E-state index contributed by atoms with van der Waals surface area (Å²) >= 11 is 0. The van der Waals surface area contributed by atoms with Crippen LogP contribution in [0.25, 0.3) is 0 Å². The van der Waals surface area contributed by atoms with E-state index in [0.717, 1.165) is 57.3 Å². The zero-order valence-corrected chi connectivity index (χ0v) is 27.7. The van der Waals surface area contributed by atoms with E-state index in [2.05, 4.69) is 30.2 Å². The Bertz CT molecular complexity index is 1070. The molecule has 248 valence electrons. The Kier molecular flexibility index (Phi) is 16.3. The zero-order valence-electron chi connectivity index (χ0n) is 27.7. The van der Waals surface area contributed by atoms with Crippen LogP contribution in [-0.4, -0.2) is 109 Å². The molecule has 8 heteroatoms. The molecule has 1 aliphatic carbocycles. The summed E-state index contributed by atoms with van der Waals surface area (Å²) in [4.78, 5) is 46.0. The van der Waals surface area contributed by atoms with Crippen LogP contribution in [0, 0.1) is 0 Å². The fourth-order valence-corrected chi connectivity index (χ4v) is 6.94. The highest BCUT2D eigenvalue weighted by Gasteiger charge is 2.46. The van der Waals surface area contributed by atoms with Gasteiger partial charge in [0.2, 0.25) is 12.3 Å². The second-order valence-electron chi connectivity index (χ2n) is 12.3. The number of rotatable bonds is 16. The van der Waals surface area contributed by atoms with Crippen LogP contribution < -0.4 is 0 Å². The molecule has 4 atom stereocenters. The molecule has 2 aliphatic heterocycles. The lowest BCUT2D eigenvalue weighted by Crippen LogP contribution is -2.69. The van der Waals surface area contributed by atoms with Crippen molar-refractivity contribution in [1.29, 1.82) is 0 Å². The molecular weight excluding hydrogens is 564 g/mol. The number of nitrogens with zero attached hydrogens (tertiary/aromatic N) is 4. The molecule has 1 saturated carbocycles. The first kappa shape index (κ1) is 36.4. The Balaban J connectivity index is 0.000000707. The quantitative estimate of drug-likeness (QED) is 0.140. The molecule has 0 bridgehead atoms. The number of hydrogen-bond acceptors (Lipinski definition) is 6. The van der Waals surface area contributed by atoms with E-state index < -0.39 is 6.04 Å². The number of carbonyl (C=O) groups excluding carboxylic acids is 3. The first-order chi connectivity index (χ1) is 22.0. The number of amides is 2. The number of ether oxygens (including phenoxy) is 1. The highest BCUT2D eigenvalue weighted by Crippen LogP contribution is 2.34. The maximum absolute atomic E-state index is 13.2. The predicted octanol–water partition coefficient (Wildman–Crippen LogP) is 5.42. The second kappa shape index (κ2) is 20.1. The third-order valence-corrected chi connectivity index (χ3v) is 9.56. The van der Waals surface area contributed by atoms with Crippen LogP contribution in [0.3, 0.4) is 0 Å². The molecule has 3 fully saturated rings. The van der Waals surface area contributed by atoms with Crippen molar-refractivity contribution < 1.29 is 19.1 Å². The molecule has 2 unspecified atom stereocenters. The van der Waals surface area contributed by atoms with E-state index in [9.17, 15) is 14.4 Å². The van der Waals surface area contributed by atoms with Gasteiger partial charge in [-0.15, -0.1) is 13.2 Å². The maximum atomic E-state index is 13.2. The van der Waals surface area contributed by atoms with E-state index in [1.54, 1.807) is 13.2 Å². The molecule has 45 heavy (non-hydrogen) atoms. The van der Waals surface area contributed by atoms with E-state index in [1.165, 1.54) is 32.1 Å². The van der Waals surface area contributed by atoms with Gasteiger partial charge in [-0.05, 0) is 44.6 Å². The smallest absolute Gasteiger partial charge is 0.224 e. The minimum Gasteiger partial charge on any atom is -0.385 e. The minimum absolute atomic E-state index is 0.0335. The summed E-state index contributed by atoms with van der Waals surface area (Å²) in [6.07, 6.45) is 19.3. The van der Waals surface area contributed by atoms with Crippen LogP contribution >= 0.6 is 0 Å². The van der Waals surface area contributed by atoms with Crippen molar-refractivity contribution in [2.45, 2.75) is 94.9 Å². The van der Waals surface area contributed by atoms with E-state index in [1.807, 2.05) is 58.0 Å². The largest absolute Gasteiger partial charge is 0.385 e. The van der Waals surface area contributed by atoms with Gasteiger partial charge in [-0.1, -0.05) is 73.9 Å². The van der Waals surface area contributed by atoms with Gasteiger partial charge in [0.15, 0.2) is 0 Å². The van der Waals surface area contributed by atoms with E-state index in [0.29, 0.717) is 25.6 Å². The van der Waals surface area contributed by atoms with Crippen molar-refractivity contribution in [3.63, 3.8) is 0 Å². The van der Waals surface area contributed by atoms with Crippen molar-refractivity contribution in [2.24, 2.45) is 0 Å². The summed E-state index contributed by atoms with van der Waals surface area (Å²) in [5.41, 5.74) is 1.05. The number of allylic oxidation sites excluding steroid dienone is 3. The number of methoxy groups -OCH3 is 1. The third-order valence-electron chi connectivity index (χ3n) is 9.56. The highest BCUT2D eigenvalue weighted by atomic mass is 16.5. The summed E-state index contributed by atoms with van der Waals surface area (Å²) in [6, 6.07) is 9.64. The lowest BCUT2D eigenvalue weighted by atomic mass is 9.89. The fraction of sp³-hybridized carbons (Fsp3) is 0.595. The number of likely N-dealkylation sites (tertiary alicyclic amines) is 1. The SMILES string of the molecule is C=CC1C(N(C=O)[C@H](CCOC)c2ccccc2)CN1[C@H](C=O)CC(=O)N1CCN(C2CCCCC2)CC1.C=CCC/C=C\C. The number of hydrogen-bond donors (Lipinski definition) is 0. The predicted molar refractivity (Wildman–Crippen MR) is 182 cm³/mol. The van der Waals surface area contributed by atoms with Crippen molar-refractivity contribution in [3.8, 4) is 0 Å². The third kappa shape index (κ3) is 10.5. The first-order valence-electron chi connectivity index (χ1n) is 16.9. The van der Waals surface area contributed by atoms with Gasteiger partial charge in [0, 0.05) is 58.9 Å².